The van der Waals surface area contributed by atoms with Crippen LogP contribution in [-0.4, -0.2) is 5.16 Å². The minimum Gasteiger partial charge on any atom is -0.365 e. The molecule has 0 fully saturated rings. The molecule has 0 saturated heterocycles. The normalized spacial score (nSPS) is 6.67. The van der Waals surface area contributed by atoms with Gasteiger partial charge in [0.2, 0.25) is 0 Å². The molecule has 6 heavy (non-hydrogen) atoms. The predicted octanol–water partition coefficient (Wildman–Crippen LogP) is 0.733. The van der Waals surface area contributed by atoms with Crippen LogP contribution >= 0.6 is 9.90 Å². The molecule has 1 aromatic rings. The van der Waals surface area contributed by atoms with Crippen molar-refractivity contribution < 1.29 is 4.52 Å². The third-order valence-corrected chi connectivity index (χ3v) is 0.347. The minimum absolute atomic E-state index is 0. The first kappa shape index (κ1) is 5.64. The van der Waals surface area contributed by atoms with Gasteiger partial charge in [-0.2, -0.15) is 9.90 Å². The topological polar surface area (TPSA) is 26.0 Å². The van der Waals surface area contributed by atoms with Crippen LogP contribution < -0.4 is 0 Å². The monoisotopic (exact) mass is 103 g/mol. The SMILES string of the molecule is P.c1cnoc1. The Hall–Kier alpha value is -0.360. The van der Waals surface area contributed by atoms with Gasteiger partial charge >= 0.3 is 0 Å². The van der Waals surface area contributed by atoms with Gasteiger partial charge in [0.25, 0.3) is 0 Å². The highest BCUT2D eigenvalue weighted by atomic mass is 31.0. The van der Waals surface area contributed by atoms with Crippen LogP contribution in [-0.2, 0) is 0 Å². The number of hydrogen-bond donors (Lipinski definition) is 0. The zero-order valence-corrected chi connectivity index (χ0v) is 4.71. The molecular formula is C3H6NOP. The van der Waals surface area contributed by atoms with E-state index in [1.807, 2.05) is 0 Å². The molecule has 1 rings (SSSR count). The Morgan fingerprint density at radius 3 is 2.50 bits per heavy atom. The summed E-state index contributed by atoms with van der Waals surface area (Å²) in [5.41, 5.74) is 0. The lowest BCUT2D eigenvalue weighted by atomic mass is 10.8. The second-order valence-electron chi connectivity index (χ2n) is 0.688. The second-order valence-corrected chi connectivity index (χ2v) is 0.688. The highest BCUT2D eigenvalue weighted by molar-refractivity contribution is 6.92. The standard InChI is InChI=1S/C3H3NO.H3P/c1-2-4-5-3-1;/h1-3H;1H3. The van der Waals surface area contributed by atoms with Gasteiger partial charge in [-0.15, -0.1) is 0 Å². The summed E-state index contributed by atoms with van der Waals surface area (Å²) in [6, 6.07) is 1.72. The summed E-state index contributed by atoms with van der Waals surface area (Å²) in [4.78, 5) is 0. The van der Waals surface area contributed by atoms with Crippen LogP contribution in [0, 0.1) is 0 Å². The largest absolute Gasteiger partial charge is 0.365 e. The highest BCUT2D eigenvalue weighted by Gasteiger charge is 1.60. The fraction of sp³-hybridized carbons (Fsp3) is 0. The molecule has 0 aromatic carbocycles. The van der Waals surface area contributed by atoms with E-state index in [9.17, 15) is 0 Å². The van der Waals surface area contributed by atoms with E-state index in [-0.39, 0.29) is 9.90 Å². The molecule has 0 aliphatic rings. The van der Waals surface area contributed by atoms with E-state index >= 15 is 0 Å². The van der Waals surface area contributed by atoms with Crippen molar-refractivity contribution in [1.29, 1.82) is 0 Å². The molecule has 0 amide bonds. The zero-order chi connectivity index (χ0) is 3.54. The quantitative estimate of drug-likeness (QED) is 0.452. The molecule has 3 heteroatoms. The second kappa shape index (κ2) is 2.86. The van der Waals surface area contributed by atoms with Crippen LogP contribution in [0.4, 0.5) is 0 Å². The van der Waals surface area contributed by atoms with Gasteiger partial charge in [0.15, 0.2) is 0 Å². The van der Waals surface area contributed by atoms with Crippen LogP contribution in [0.2, 0.25) is 0 Å². The fourth-order valence-corrected chi connectivity index (χ4v) is 0.176. The van der Waals surface area contributed by atoms with Gasteiger partial charge in [0.1, 0.15) is 6.26 Å². The molecule has 1 atom stereocenters. The summed E-state index contributed by atoms with van der Waals surface area (Å²) >= 11 is 0. The van der Waals surface area contributed by atoms with Crippen LogP contribution in [0.15, 0.2) is 23.0 Å². The molecule has 0 aliphatic heterocycles. The lowest BCUT2D eigenvalue weighted by Gasteiger charge is -1.48. The third kappa shape index (κ3) is 1.18. The van der Waals surface area contributed by atoms with Crippen molar-refractivity contribution in [2.75, 3.05) is 0 Å². The molecular weight excluding hydrogens is 97.0 g/mol. The van der Waals surface area contributed by atoms with Crippen molar-refractivity contribution >= 4 is 9.90 Å². The van der Waals surface area contributed by atoms with E-state index in [2.05, 4.69) is 9.68 Å². The number of hydrogen-bond acceptors (Lipinski definition) is 2. The first-order valence-corrected chi connectivity index (χ1v) is 1.34. The molecule has 34 valence electrons. The maximum absolute atomic E-state index is 4.33. The van der Waals surface area contributed by atoms with E-state index in [1.54, 1.807) is 12.3 Å². The smallest absolute Gasteiger partial charge is 0.123 e. The Morgan fingerprint density at radius 1 is 1.50 bits per heavy atom. The molecule has 1 heterocycles. The first-order chi connectivity index (χ1) is 2.50. The molecule has 0 aliphatic carbocycles. The summed E-state index contributed by atoms with van der Waals surface area (Å²) in [6.45, 7) is 0. The lowest BCUT2D eigenvalue weighted by molar-refractivity contribution is 0.420. The number of nitrogens with zero attached hydrogens (tertiary/aromatic N) is 1. The van der Waals surface area contributed by atoms with E-state index in [0.717, 1.165) is 0 Å². The van der Waals surface area contributed by atoms with E-state index in [1.165, 1.54) is 6.26 Å². The number of aromatic nitrogens is 1. The predicted molar refractivity (Wildman–Crippen MR) is 27.6 cm³/mol. The van der Waals surface area contributed by atoms with Gasteiger partial charge in [-0.25, -0.2) is 0 Å². The first-order valence-electron chi connectivity index (χ1n) is 1.34. The van der Waals surface area contributed by atoms with Gasteiger partial charge in [-0.1, -0.05) is 5.16 Å². The van der Waals surface area contributed by atoms with Crippen molar-refractivity contribution in [3.63, 3.8) is 0 Å². The molecule has 1 aromatic heterocycles. The van der Waals surface area contributed by atoms with Gasteiger partial charge in [0, 0.05) is 0 Å². The van der Waals surface area contributed by atoms with Gasteiger partial charge in [0.05, 0.1) is 6.20 Å². The van der Waals surface area contributed by atoms with Crippen LogP contribution in [0.1, 0.15) is 0 Å². The van der Waals surface area contributed by atoms with Crippen LogP contribution in [0.5, 0.6) is 0 Å². The molecule has 2 nitrogen and oxygen atoms in total. The molecule has 0 bridgehead atoms. The molecule has 0 radical (unpaired) electrons. The Labute approximate surface area is 39.1 Å². The molecule has 0 saturated carbocycles. The highest BCUT2D eigenvalue weighted by Crippen LogP contribution is 1.72. The van der Waals surface area contributed by atoms with E-state index in [0.29, 0.717) is 0 Å². The van der Waals surface area contributed by atoms with Gasteiger partial charge in [-0.05, 0) is 6.07 Å². The van der Waals surface area contributed by atoms with E-state index in [4.69, 9.17) is 0 Å². The maximum atomic E-state index is 4.33. The van der Waals surface area contributed by atoms with Crippen molar-refractivity contribution in [1.82, 2.24) is 5.16 Å². The average Bonchev–Trinajstić information content (AvgIpc) is 1.76. The Balaban J connectivity index is 0.000000250. The third-order valence-electron chi connectivity index (χ3n) is 0.347. The molecule has 0 N–H and O–H groups in total. The van der Waals surface area contributed by atoms with Crippen molar-refractivity contribution in [3.8, 4) is 0 Å². The maximum Gasteiger partial charge on any atom is 0.123 e. The zero-order valence-electron chi connectivity index (χ0n) is 3.29. The van der Waals surface area contributed by atoms with Crippen LogP contribution in [0.25, 0.3) is 0 Å². The van der Waals surface area contributed by atoms with Crippen molar-refractivity contribution in [2.45, 2.75) is 0 Å². The lowest BCUT2D eigenvalue weighted by Crippen LogP contribution is -1.38. The van der Waals surface area contributed by atoms with Crippen LogP contribution in [0.3, 0.4) is 0 Å². The molecule has 1 unspecified atom stereocenters. The minimum atomic E-state index is 0. The van der Waals surface area contributed by atoms with Crippen molar-refractivity contribution in [2.24, 2.45) is 0 Å². The summed E-state index contributed by atoms with van der Waals surface area (Å²) < 4.78 is 4.33. The fourth-order valence-electron chi connectivity index (χ4n) is 0.176. The summed E-state index contributed by atoms with van der Waals surface area (Å²) in [5, 5.41) is 3.35. The number of rotatable bonds is 0. The molecule has 0 spiro atoms. The Kier molecular flexibility index (Phi) is 2.68. The Morgan fingerprint density at radius 2 is 2.33 bits per heavy atom. The Bertz CT molecular complexity index is 67.3. The summed E-state index contributed by atoms with van der Waals surface area (Å²) in [5.74, 6) is 0. The summed E-state index contributed by atoms with van der Waals surface area (Å²) in [7, 11) is 0. The average molecular weight is 103 g/mol. The summed E-state index contributed by atoms with van der Waals surface area (Å²) in [6.07, 6.45) is 3.10. The van der Waals surface area contributed by atoms with Gasteiger partial charge in [-0.3, -0.25) is 0 Å². The van der Waals surface area contributed by atoms with Gasteiger partial charge < -0.3 is 4.52 Å². The van der Waals surface area contributed by atoms with Crippen molar-refractivity contribution in [3.05, 3.63) is 18.5 Å². The van der Waals surface area contributed by atoms with E-state index < -0.39 is 0 Å².